The second kappa shape index (κ2) is 5.22. The molecule has 1 aromatic rings. The van der Waals surface area contributed by atoms with Crippen molar-refractivity contribution in [2.45, 2.75) is 12.6 Å². The maximum atomic E-state index is 12.3. The predicted molar refractivity (Wildman–Crippen MR) is 55.0 cm³/mol. The molecule has 0 spiro atoms. The Morgan fingerprint density at radius 2 is 2.18 bits per heavy atom. The Morgan fingerprint density at radius 1 is 1.53 bits per heavy atom. The minimum atomic E-state index is -4.50. The highest BCUT2D eigenvalue weighted by Gasteiger charge is 2.31. The zero-order valence-corrected chi connectivity index (χ0v) is 9.14. The monoisotopic (exact) mass is 268 g/mol. The summed E-state index contributed by atoms with van der Waals surface area (Å²) in [5.74, 6) is -0.999. The first kappa shape index (κ1) is 13.6. The average molecular weight is 269 g/mol. The molecule has 0 bridgehead atoms. The summed E-state index contributed by atoms with van der Waals surface area (Å²) in [5, 5.41) is 10.7. The van der Waals surface area contributed by atoms with Gasteiger partial charge in [-0.2, -0.15) is 13.2 Å². The van der Waals surface area contributed by atoms with Crippen LogP contribution >= 0.6 is 11.6 Å². The predicted octanol–water partition coefficient (Wildman–Crippen LogP) is 2.64. The molecule has 0 aliphatic rings. The molecule has 0 saturated carbocycles. The fourth-order valence-electron chi connectivity index (χ4n) is 1.01. The van der Waals surface area contributed by atoms with Gasteiger partial charge in [0.25, 0.3) is 0 Å². The molecule has 0 radical (unpaired) electrons. The van der Waals surface area contributed by atoms with Crippen molar-refractivity contribution in [1.82, 2.24) is 4.98 Å². The van der Waals surface area contributed by atoms with Gasteiger partial charge in [-0.1, -0.05) is 11.6 Å². The molecule has 0 aliphatic heterocycles. The highest BCUT2D eigenvalue weighted by molar-refractivity contribution is 6.32. The number of anilines is 1. The van der Waals surface area contributed by atoms with Gasteiger partial charge in [0.05, 0.1) is 17.0 Å². The molecule has 0 aromatic carbocycles. The molecule has 0 fully saturated rings. The van der Waals surface area contributed by atoms with Crippen LogP contribution in [0.2, 0.25) is 5.02 Å². The molecular formula is C9H8ClF3N2O2. The average Bonchev–Trinajstić information content (AvgIpc) is 2.18. The molecule has 17 heavy (non-hydrogen) atoms. The van der Waals surface area contributed by atoms with Crippen molar-refractivity contribution in [3.63, 3.8) is 0 Å². The Labute approximate surface area is 99.4 Å². The van der Waals surface area contributed by atoms with Crippen molar-refractivity contribution in [1.29, 1.82) is 0 Å². The summed E-state index contributed by atoms with van der Waals surface area (Å²) in [6.45, 7) is 0.0351. The Bertz CT molecular complexity index is 423. The molecule has 0 unspecified atom stereocenters. The van der Waals surface area contributed by atoms with E-state index < -0.39 is 17.7 Å². The lowest BCUT2D eigenvalue weighted by Gasteiger charge is -2.09. The molecule has 1 aromatic heterocycles. The van der Waals surface area contributed by atoms with Gasteiger partial charge in [0.15, 0.2) is 0 Å². The van der Waals surface area contributed by atoms with Gasteiger partial charge in [-0.3, -0.25) is 4.79 Å². The third-order valence-corrected chi connectivity index (χ3v) is 2.09. The van der Waals surface area contributed by atoms with E-state index in [0.717, 1.165) is 6.07 Å². The van der Waals surface area contributed by atoms with Gasteiger partial charge in [0.2, 0.25) is 0 Å². The van der Waals surface area contributed by atoms with Crippen LogP contribution in [0.5, 0.6) is 0 Å². The van der Waals surface area contributed by atoms with Crippen molar-refractivity contribution in [3.05, 3.63) is 22.8 Å². The summed E-state index contributed by atoms with van der Waals surface area (Å²) < 4.78 is 36.8. The van der Waals surface area contributed by atoms with Gasteiger partial charge in [-0.15, -0.1) is 0 Å². The summed E-state index contributed by atoms with van der Waals surface area (Å²) in [6.07, 6.45) is -4.05. The topological polar surface area (TPSA) is 62.2 Å². The SMILES string of the molecule is O=C(O)CCNc1ncc(C(F)(F)F)cc1Cl. The third kappa shape index (κ3) is 4.10. The van der Waals surface area contributed by atoms with Crippen LogP contribution in [0, 0.1) is 0 Å². The number of hydrogen-bond donors (Lipinski definition) is 2. The summed E-state index contributed by atoms with van der Waals surface area (Å²) in [5.41, 5.74) is -0.953. The van der Waals surface area contributed by atoms with Crippen LogP contribution in [-0.2, 0) is 11.0 Å². The highest BCUT2D eigenvalue weighted by Crippen LogP contribution is 2.32. The number of carboxylic acids is 1. The number of nitrogens with one attached hydrogen (secondary N) is 1. The van der Waals surface area contributed by atoms with E-state index in [2.05, 4.69) is 10.3 Å². The largest absolute Gasteiger partial charge is 0.481 e. The van der Waals surface area contributed by atoms with Crippen molar-refractivity contribution < 1.29 is 23.1 Å². The zero-order valence-electron chi connectivity index (χ0n) is 8.38. The first-order valence-corrected chi connectivity index (χ1v) is 4.87. The van der Waals surface area contributed by atoms with E-state index in [-0.39, 0.29) is 23.8 Å². The van der Waals surface area contributed by atoms with Gasteiger partial charge in [0.1, 0.15) is 5.82 Å². The van der Waals surface area contributed by atoms with Gasteiger partial charge in [-0.25, -0.2) is 4.98 Å². The Morgan fingerprint density at radius 3 is 2.65 bits per heavy atom. The summed E-state index contributed by atoms with van der Waals surface area (Å²) in [7, 11) is 0. The molecule has 8 heteroatoms. The van der Waals surface area contributed by atoms with Crippen molar-refractivity contribution in [2.24, 2.45) is 0 Å². The maximum absolute atomic E-state index is 12.3. The number of hydrogen-bond acceptors (Lipinski definition) is 3. The summed E-state index contributed by atoms with van der Waals surface area (Å²) in [6, 6.07) is 0.734. The number of halogens is 4. The number of nitrogens with zero attached hydrogens (tertiary/aromatic N) is 1. The maximum Gasteiger partial charge on any atom is 0.417 e. The quantitative estimate of drug-likeness (QED) is 0.881. The van der Waals surface area contributed by atoms with Gasteiger partial charge in [-0.05, 0) is 6.07 Å². The van der Waals surface area contributed by atoms with Gasteiger partial charge < -0.3 is 10.4 Å². The second-order valence-electron chi connectivity index (χ2n) is 3.12. The summed E-state index contributed by atoms with van der Waals surface area (Å²) >= 11 is 5.58. The number of pyridine rings is 1. The number of aromatic nitrogens is 1. The van der Waals surface area contributed by atoms with E-state index in [1.807, 2.05) is 0 Å². The van der Waals surface area contributed by atoms with Crippen LogP contribution < -0.4 is 5.32 Å². The van der Waals surface area contributed by atoms with Crippen LogP contribution in [0.3, 0.4) is 0 Å². The smallest absolute Gasteiger partial charge is 0.417 e. The third-order valence-electron chi connectivity index (χ3n) is 1.80. The van der Waals surface area contributed by atoms with Crippen molar-refractivity contribution >= 4 is 23.4 Å². The first-order valence-electron chi connectivity index (χ1n) is 4.49. The van der Waals surface area contributed by atoms with Gasteiger partial charge >= 0.3 is 12.1 Å². The summed E-state index contributed by atoms with van der Waals surface area (Å²) in [4.78, 5) is 13.7. The lowest BCUT2D eigenvalue weighted by Crippen LogP contribution is -2.10. The normalized spacial score (nSPS) is 11.3. The Balaban J connectivity index is 2.73. The molecular weight excluding hydrogens is 261 g/mol. The Kier molecular flexibility index (Phi) is 4.17. The molecule has 2 N–H and O–H groups in total. The van der Waals surface area contributed by atoms with Crippen LogP contribution in [0.4, 0.5) is 19.0 Å². The van der Waals surface area contributed by atoms with Crippen molar-refractivity contribution in [3.8, 4) is 0 Å². The minimum Gasteiger partial charge on any atom is -0.481 e. The van der Waals surface area contributed by atoms with Crippen LogP contribution in [0.15, 0.2) is 12.3 Å². The van der Waals surface area contributed by atoms with Crippen molar-refractivity contribution in [2.75, 3.05) is 11.9 Å². The molecule has 0 saturated heterocycles. The molecule has 4 nitrogen and oxygen atoms in total. The number of rotatable bonds is 4. The van der Waals surface area contributed by atoms with E-state index in [9.17, 15) is 18.0 Å². The molecule has 94 valence electrons. The van der Waals surface area contributed by atoms with E-state index in [1.165, 1.54) is 0 Å². The standard InChI is InChI=1S/C9H8ClF3N2O2/c10-6-3-5(9(11,12)13)4-15-8(6)14-2-1-7(16)17/h3-4H,1-2H2,(H,14,15)(H,16,17). The second-order valence-corrected chi connectivity index (χ2v) is 3.53. The molecule has 0 aliphatic carbocycles. The van der Waals surface area contributed by atoms with E-state index in [4.69, 9.17) is 16.7 Å². The van der Waals surface area contributed by atoms with Crippen LogP contribution in [0.1, 0.15) is 12.0 Å². The molecule has 0 amide bonds. The molecule has 1 rings (SSSR count). The number of carbonyl (C=O) groups is 1. The van der Waals surface area contributed by atoms with E-state index >= 15 is 0 Å². The highest BCUT2D eigenvalue weighted by atomic mass is 35.5. The zero-order chi connectivity index (χ0) is 13.1. The van der Waals surface area contributed by atoms with Crippen LogP contribution in [-0.4, -0.2) is 22.6 Å². The number of alkyl halides is 3. The van der Waals surface area contributed by atoms with Gasteiger partial charge in [0, 0.05) is 12.7 Å². The fourth-order valence-corrected chi connectivity index (χ4v) is 1.24. The van der Waals surface area contributed by atoms with E-state index in [1.54, 1.807) is 0 Å². The first-order chi connectivity index (χ1) is 7.80. The number of aliphatic carboxylic acids is 1. The van der Waals surface area contributed by atoms with Crippen LogP contribution in [0.25, 0.3) is 0 Å². The molecule has 0 atom stereocenters. The lowest BCUT2D eigenvalue weighted by molar-refractivity contribution is -0.138. The fraction of sp³-hybridized carbons (Fsp3) is 0.333. The minimum absolute atomic E-state index is 0.0286. The van der Waals surface area contributed by atoms with E-state index in [0.29, 0.717) is 6.20 Å². The lowest BCUT2D eigenvalue weighted by atomic mass is 10.3. The Hall–Kier alpha value is -1.50. The molecule has 1 heterocycles. The number of carboxylic acid groups (broad SMARTS) is 1.